The van der Waals surface area contributed by atoms with Crippen molar-refractivity contribution in [1.29, 1.82) is 0 Å². The number of carbonyl (C=O) groups is 2. The summed E-state index contributed by atoms with van der Waals surface area (Å²) < 4.78 is 39.4. The summed E-state index contributed by atoms with van der Waals surface area (Å²) in [4.78, 5) is 31.1. The maximum atomic E-state index is 15.6. The van der Waals surface area contributed by atoms with Crippen molar-refractivity contribution >= 4 is 69.6 Å². The zero-order valence-corrected chi connectivity index (χ0v) is 77.0. The molecule has 0 aliphatic heterocycles. The molecule has 0 aromatic rings. The van der Waals surface area contributed by atoms with Crippen molar-refractivity contribution in [2.45, 2.75) is 532 Å². The van der Waals surface area contributed by atoms with Crippen LogP contribution in [0.5, 0.6) is 0 Å². The Morgan fingerprint density at radius 3 is 0.495 bits per heavy atom. The Hall–Kier alpha value is 1.26. The molecule has 0 rings (SSSR count). The van der Waals surface area contributed by atoms with Gasteiger partial charge < -0.3 is 0 Å². The van der Waals surface area contributed by atoms with Crippen LogP contribution in [0.15, 0.2) is 0 Å². The Morgan fingerprint density at radius 1 is 0.196 bits per heavy atom. The summed E-state index contributed by atoms with van der Waals surface area (Å²) >= 11 is -13.4. The Balaban J connectivity index is 8.56. The van der Waals surface area contributed by atoms with E-state index in [0.717, 1.165) is 117 Å². The van der Waals surface area contributed by atoms with E-state index in [1.807, 2.05) is 0 Å². The van der Waals surface area contributed by atoms with Gasteiger partial charge in [0, 0.05) is 0 Å². The van der Waals surface area contributed by atoms with Crippen molar-refractivity contribution < 1.29 is 18.6 Å². The van der Waals surface area contributed by atoms with Crippen molar-refractivity contribution in [3.05, 3.63) is 0 Å². The normalized spacial score (nSPS) is 12.9. The van der Waals surface area contributed by atoms with Crippen LogP contribution < -0.4 is 0 Å². The molecule has 0 saturated carbocycles. The summed E-state index contributed by atoms with van der Waals surface area (Å²) in [6.45, 7) is 23.0. The van der Waals surface area contributed by atoms with Crippen molar-refractivity contribution in [2.75, 3.05) is 0 Å². The first kappa shape index (κ1) is 98.3. The Morgan fingerprint density at radius 2 is 0.340 bits per heavy atom. The van der Waals surface area contributed by atoms with E-state index in [1.165, 1.54) is 347 Å². The summed E-state index contributed by atoms with van der Waals surface area (Å²) in [7, 11) is 0. The van der Waals surface area contributed by atoms with Crippen LogP contribution >= 0.6 is 0 Å². The molecular formula is C88H180O6Sn3. The molecule has 0 spiro atoms. The van der Waals surface area contributed by atoms with E-state index in [0.29, 0.717) is 0 Å². The second-order valence-electron chi connectivity index (χ2n) is 31.9. The molecule has 9 heteroatoms. The zero-order valence-electron chi connectivity index (χ0n) is 68.4. The number of hydrogen-bond acceptors (Lipinski definition) is 6. The number of carbonyl (C=O) groups excluding carboxylic acids is 2. The monoisotopic (exact) mass is 1690 g/mol. The molecule has 2 atom stereocenters. The van der Waals surface area contributed by atoms with E-state index in [1.54, 1.807) is 0 Å². The molecule has 0 fully saturated rings. The molecule has 0 N–H and O–H groups in total. The minimum absolute atomic E-state index is 0.0736. The van der Waals surface area contributed by atoms with Crippen LogP contribution in [0.3, 0.4) is 0 Å². The van der Waals surface area contributed by atoms with Crippen molar-refractivity contribution in [3.8, 4) is 0 Å². The molecule has 0 saturated heterocycles. The molecule has 0 heterocycles. The Kier molecular flexibility index (Phi) is 76.5. The quantitative estimate of drug-likeness (QED) is 0.0446. The third kappa shape index (κ3) is 60.0. The van der Waals surface area contributed by atoms with Crippen LogP contribution in [0.25, 0.3) is 0 Å². The van der Waals surface area contributed by atoms with Gasteiger partial charge in [0.25, 0.3) is 0 Å². The topological polar surface area (TPSA) is 71.1 Å². The van der Waals surface area contributed by atoms with Gasteiger partial charge >= 0.3 is 632 Å². The van der Waals surface area contributed by atoms with Crippen molar-refractivity contribution in [2.24, 2.45) is 11.8 Å². The summed E-state index contributed by atoms with van der Waals surface area (Å²) in [5.41, 5.74) is 0. The maximum absolute atomic E-state index is 15.6. The first-order valence-corrected chi connectivity index (χ1v) is 64.5. The fourth-order valence-corrected chi connectivity index (χ4v) is 91.2. The first-order chi connectivity index (χ1) is 47.6. The molecule has 2 unspecified atom stereocenters. The molecule has 0 bridgehead atoms. The molecule has 0 radical (unpaired) electrons. The fourth-order valence-electron chi connectivity index (χ4n) is 15.4. The van der Waals surface area contributed by atoms with Gasteiger partial charge in [-0.05, 0) is 0 Å². The van der Waals surface area contributed by atoms with Gasteiger partial charge in [0.05, 0.1) is 0 Å². The van der Waals surface area contributed by atoms with Gasteiger partial charge in [0.2, 0.25) is 0 Å². The van der Waals surface area contributed by atoms with Crippen LogP contribution in [0.2, 0.25) is 26.6 Å². The van der Waals surface area contributed by atoms with Gasteiger partial charge in [0.15, 0.2) is 0 Å². The van der Waals surface area contributed by atoms with E-state index in [9.17, 15) is 0 Å². The van der Waals surface area contributed by atoms with E-state index < -0.39 is 57.6 Å². The second-order valence-corrected chi connectivity index (χ2v) is 66.2. The standard InChI is InChI=1S/6C12H25.2C8H16O2.2O.3Sn/c6*1-3-5-7-9-11-12-10-8-6-4-2;2*1-3-5-6-7(4-2)8(9)10;;;;;/h6*1,3-12H2,2H3;2*7H,3-6H2,1-2H3,(H,9,10);;;;;/q;;;;;;;;;;;2*+1/p-2. The van der Waals surface area contributed by atoms with E-state index in [2.05, 4.69) is 69.2 Å². The fraction of sp³-hybridized carbons (Fsp3) is 0.977. The molecule has 0 aliphatic carbocycles. The molecule has 0 aromatic carbocycles. The van der Waals surface area contributed by atoms with Gasteiger partial charge in [-0.3, -0.25) is 0 Å². The van der Waals surface area contributed by atoms with E-state index in [4.69, 9.17) is 8.97 Å². The van der Waals surface area contributed by atoms with Crippen molar-refractivity contribution in [1.82, 2.24) is 0 Å². The van der Waals surface area contributed by atoms with Crippen molar-refractivity contribution in [3.63, 3.8) is 0 Å². The van der Waals surface area contributed by atoms with Crippen LogP contribution in [0.1, 0.15) is 506 Å². The number of hydrogen-bond donors (Lipinski definition) is 0. The zero-order chi connectivity index (χ0) is 71.0. The van der Waals surface area contributed by atoms with Gasteiger partial charge in [-0.2, -0.15) is 0 Å². The second kappa shape index (κ2) is 75.5. The Bertz CT molecular complexity index is 1430. The summed E-state index contributed by atoms with van der Waals surface area (Å²) in [5.74, 6) is 0.0243. The molecule has 6 nitrogen and oxygen atoms in total. The molecule has 0 aromatic heterocycles. The molecule has 0 aliphatic rings. The van der Waals surface area contributed by atoms with Crippen LogP contribution in [0.4, 0.5) is 0 Å². The van der Waals surface area contributed by atoms with E-state index in [-0.39, 0.29) is 23.8 Å². The first-order valence-electron chi connectivity index (χ1n) is 45.4. The van der Waals surface area contributed by atoms with Crippen LogP contribution in [-0.4, -0.2) is 69.6 Å². The third-order valence-electron chi connectivity index (χ3n) is 22.2. The molecular weight excluding hydrogens is 1510 g/mol. The van der Waals surface area contributed by atoms with Crippen LogP contribution in [0, 0.1) is 11.8 Å². The summed E-state index contributed by atoms with van der Waals surface area (Å²) in [6, 6.07) is 0. The van der Waals surface area contributed by atoms with Gasteiger partial charge in [-0.25, -0.2) is 0 Å². The summed E-state index contributed by atoms with van der Waals surface area (Å²) in [5, 5.41) is 0. The minimum atomic E-state index is -4.49. The van der Waals surface area contributed by atoms with Crippen LogP contribution in [-0.2, 0) is 18.6 Å². The average molecular weight is 1690 g/mol. The van der Waals surface area contributed by atoms with Gasteiger partial charge in [-0.15, -0.1) is 0 Å². The molecule has 580 valence electrons. The number of rotatable bonds is 82. The summed E-state index contributed by atoms with van der Waals surface area (Å²) in [6.07, 6.45) is 86.0. The SMILES string of the molecule is CCCCCCCCCCC[CH2][Sn]([CH2]CCCCCCCCCCC)([O]C(=O)C(CC)CCCC)[O][Sn]([CH2]CCCCCCCCCCC)([CH2]CCCCCCCCCCC)[O][Sn]([CH2]CCCCCCCCCCC)([CH2]CCCCCCCCCCC)[O]C(=O)C(CC)CCCC. The van der Waals surface area contributed by atoms with E-state index >= 15 is 9.59 Å². The predicted octanol–water partition coefficient (Wildman–Crippen LogP) is 32.4. The molecule has 0 amide bonds. The molecule has 97 heavy (non-hydrogen) atoms. The Labute approximate surface area is 626 Å². The van der Waals surface area contributed by atoms with Gasteiger partial charge in [0.1, 0.15) is 0 Å². The predicted molar refractivity (Wildman–Crippen MR) is 438 cm³/mol. The average Bonchev–Trinajstić information content (AvgIpc) is 0.786. The third-order valence-corrected chi connectivity index (χ3v) is 77.4. The van der Waals surface area contributed by atoms with Gasteiger partial charge in [-0.1, -0.05) is 0 Å². The number of unbranched alkanes of at least 4 members (excludes halogenated alkanes) is 56.